The van der Waals surface area contributed by atoms with Gasteiger partial charge in [0.15, 0.2) is 5.78 Å². The molecule has 116 valence electrons. The molecule has 0 radical (unpaired) electrons. The molecule has 0 aliphatic carbocycles. The summed E-state index contributed by atoms with van der Waals surface area (Å²) in [6, 6.07) is 16.6. The van der Waals surface area contributed by atoms with Crippen LogP contribution in [-0.2, 0) is 13.6 Å². The molecule has 2 aromatic carbocycles. The quantitative estimate of drug-likeness (QED) is 0.733. The van der Waals surface area contributed by atoms with E-state index >= 15 is 0 Å². The molecule has 3 rings (SSSR count). The average molecular weight is 326 g/mol. The Hall–Kier alpha value is -2.59. The van der Waals surface area contributed by atoms with Crippen molar-refractivity contribution >= 4 is 17.4 Å². The number of hydrogen-bond donors (Lipinski definition) is 1. The van der Waals surface area contributed by atoms with Crippen LogP contribution in [0.5, 0.6) is 0 Å². The van der Waals surface area contributed by atoms with Crippen LogP contribution in [0.25, 0.3) is 11.3 Å². The Bertz CT molecular complexity index is 892. The van der Waals surface area contributed by atoms with Crippen molar-refractivity contribution in [2.75, 3.05) is 0 Å². The Labute approximate surface area is 139 Å². The number of carbonyl (C=O) groups excluding carboxylic acids is 1. The molecule has 5 heteroatoms. The summed E-state index contributed by atoms with van der Waals surface area (Å²) in [4.78, 5) is 12.3. The second-order valence-corrected chi connectivity index (χ2v) is 5.76. The minimum absolute atomic E-state index is 0.0163. The fourth-order valence-corrected chi connectivity index (χ4v) is 2.61. The average Bonchev–Trinajstić information content (AvgIpc) is 2.85. The molecule has 4 nitrogen and oxygen atoms in total. The van der Waals surface area contributed by atoms with Crippen molar-refractivity contribution in [1.82, 2.24) is 9.13 Å². The number of imidazole rings is 1. The van der Waals surface area contributed by atoms with Gasteiger partial charge in [-0.3, -0.25) is 10.2 Å². The summed E-state index contributed by atoms with van der Waals surface area (Å²) in [6.45, 7) is 0.143. The van der Waals surface area contributed by atoms with Crippen LogP contribution in [0.15, 0.2) is 60.8 Å². The number of hydrogen-bond acceptors (Lipinski definition) is 2. The van der Waals surface area contributed by atoms with Gasteiger partial charge in [0.2, 0.25) is 5.62 Å². The zero-order chi connectivity index (χ0) is 16.4. The van der Waals surface area contributed by atoms with Gasteiger partial charge in [0.05, 0.1) is 12.2 Å². The van der Waals surface area contributed by atoms with Gasteiger partial charge in [-0.1, -0.05) is 54.1 Å². The molecular formula is C18H16ClN3O. The predicted molar refractivity (Wildman–Crippen MR) is 90.5 cm³/mol. The lowest BCUT2D eigenvalue weighted by Gasteiger charge is -2.01. The molecule has 0 unspecified atom stereocenters. The number of ketones is 1. The zero-order valence-electron chi connectivity index (χ0n) is 12.7. The third-order valence-electron chi connectivity index (χ3n) is 3.78. The van der Waals surface area contributed by atoms with E-state index in [4.69, 9.17) is 17.0 Å². The van der Waals surface area contributed by atoms with E-state index in [1.54, 1.807) is 21.3 Å². The highest BCUT2D eigenvalue weighted by atomic mass is 35.5. The SMILES string of the molecule is Cn1c(-c2ccc(Cl)cc2)cn(CC(=O)c2ccccc2)c1=N. The molecule has 0 atom stereocenters. The molecule has 0 bridgehead atoms. The molecule has 0 saturated heterocycles. The van der Waals surface area contributed by atoms with Gasteiger partial charge in [-0.2, -0.15) is 0 Å². The third-order valence-corrected chi connectivity index (χ3v) is 4.03. The van der Waals surface area contributed by atoms with Gasteiger partial charge in [0.1, 0.15) is 0 Å². The van der Waals surface area contributed by atoms with Crippen molar-refractivity contribution < 1.29 is 4.79 Å². The van der Waals surface area contributed by atoms with Crippen LogP contribution in [0, 0.1) is 5.41 Å². The summed E-state index contributed by atoms with van der Waals surface area (Å²) in [5.41, 5.74) is 2.75. The molecule has 0 aliphatic heterocycles. The molecule has 0 fully saturated rings. The van der Waals surface area contributed by atoms with Crippen molar-refractivity contribution in [1.29, 1.82) is 5.41 Å². The maximum Gasteiger partial charge on any atom is 0.202 e. The number of nitrogens with zero attached hydrogens (tertiary/aromatic N) is 2. The maximum atomic E-state index is 12.3. The molecule has 1 aromatic heterocycles. The Balaban J connectivity index is 1.93. The lowest BCUT2D eigenvalue weighted by Crippen LogP contribution is -2.25. The van der Waals surface area contributed by atoms with Crippen molar-refractivity contribution in [3.8, 4) is 11.3 Å². The Morgan fingerprint density at radius 1 is 1.09 bits per heavy atom. The van der Waals surface area contributed by atoms with Crippen LogP contribution in [0.1, 0.15) is 10.4 Å². The fraction of sp³-hybridized carbons (Fsp3) is 0.111. The van der Waals surface area contributed by atoms with Gasteiger partial charge >= 0.3 is 0 Å². The van der Waals surface area contributed by atoms with E-state index in [0.29, 0.717) is 10.6 Å². The van der Waals surface area contributed by atoms with Gasteiger partial charge in [0.25, 0.3) is 0 Å². The third kappa shape index (κ3) is 3.12. The monoisotopic (exact) mass is 325 g/mol. The van der Waals surface area contributed by atoms with E-state index in [1.807, 2.05) is 55.7 Å². The van der Waals surface area contributed by atoms with Crippen LogP contribution in [0.3, 0.4) is 0 Å². The van der Waals surface area contributed by atoms with E-state index in [1.165, 1.54) is 0 Å². The van der Waals surface area contributed by atoms with Gasteiger partial charge < -0.3 is 9.13 Å². The Kier molecular flexibility index (Phi) is 4.17. The first kappa shape index (κ1) is 15.3. The van der Waals surface area contributed by atoms with Crippen LogP contribution >= 0.6 is 11.6 Å². The van der Waals surface area contributed by atoms with Crippen LogP contribution in [0.4, 0.5) is 0 Å². The minimum atomic E-state index is -0.0163. The molecule has 1 N–H and O–H groups in total. The maximum absolute atomic E-state index is 12.3. The highest BCUT2D eigenvalue weighted by Crippen LogP contribution is 2.20. The van der Waals surface area contributed by atoms with E-state index < -0.39 is 0 Å². The molecule has 3 aromatic rings. The largest absolute Gasteiger partial charge is 0.314 e. The molecule has 0 amide bonds. The summed E-state index contributed by atoms with van der Waals surface area (Å²) in [7, 11) is 1.82. The first-order chi connectivity index (χ1) is 11.1. The molecular weight excluding hydrogens is 310 g/mol. The number of aromatic nitrogens is 2. The van der Waals surface area contributed by atoms with Gasteiger partial charge in [0, 0.05) is 23.8 Å². The van der Waals surface area contributed by atoms with E-state index in [9.17, 15) is 4.79 Å². The van der Waals surface area contributed by atoms with Crippen molar-refractivity contribution in [3.63, 3.8) is 0 Å². The summed E-state index contributed by atoms with van der Waals surface area (Å²) < 4.78 is 3.40. The minimum Gasteiger partial charge on any atom is -0.314 e. The topological polar surface area (TPSA) is 50.8 Å². The van der Waals surface area contributed by atoms with E-state index in [2.05, 4.69) is 0 Å². The first-order valence-electron chi connectivity index (χ1n) is 7.21. The second-order valence-electron chi connectivity index (χ2n) is 5.32. The number of rotatable bonds is 4. The summed E-state index contributed by atoms with van der Waals surface area (Å²) in [5, 5.41) is 8.88. The lowest BCUT2D eigenvalue weighted by molar-refractivity contribution is 0.0970. The molecule has 1 heterocycles. The van der Waals surface area contributed by atoms with Crippen LogP contribution < -0.4 is 5.62 Å². The highest BCUT2D eigenvalue weighted by Gasteiger charge is 2.12. The standard InChI is InChI=1S/C18H16ClN3O/c1-21-16(13-7-9-15(19)10-8-13)11-22(18(21)20)12-17(23)14-5-3-2-4-6-14/h2-11,20H,12H2,1H3. The van der Waals surface area contributed by atoms with Crippen molar-refractivity contribution in [3.05, 3.63) is 77.0 Å². The van der Waals surface area contributed by atoms with Crippen LogP contribution in [-0.4, -0.2) is 14.9 Å². The van der Waals surface area contributed by atoms with Crippen LogP contribution in [0.2, 0.25) is 5.02 Å². The van der Waals surface area contributed by atoms with E-state index in [0.717, 1.165) is 11.3 Å². The predicted octanol–water partition coefficient (Wildman–Crippen LogP) is 3.51. The number of halogens is 1. The number of benzene rings is 2. The normalized spacial score (nSPS) is 10.7. The molecule has 0 aliphatic rings. The fourth-order valence-electron chi connectivity index (χ4n) is 2.48. The van der Waals surface area contributed by atoms with Crippen molar-refractivity contribution in [2.45, 2.75) is 6.54 Å². The first-order valence-corrected chi connectivity index (χ1v) is 7.59. The Morgan fingerprint density at radius 3 is 2.39 bits per heavy atom. The number of carbonyl (C=O) groups is 1. The molecule has 0 spiro atoms. The van der Waals surface area contributed by atoms with Crippen molar-refractivity contribution in [2.24, 2.45) is 7.05 Å². The summed E-state index contributed by atoms with van der Waals surface area (Å²) >= 11 is 5.92. The molecule has 0 saturated carbocycles. The smallest absolute Gasteiger partial charge is 0.202 e. The van der Waals surface area contributed by atoms with Gasteiger partial charge in [-0.05, 0) is 17.7 Å². The highest BCUT2D eigenvalue weighted by molar-refractivity contribution is 6.30. The summed E-state index contributed by atoms with van der Waals surface area (Å²) in [5.74, 6) is -0.0163. The lowest BCUT2D eigenvalue weighted by atomic mass is 10.1. The second kappa shape index (κ2) is 6.26. The van der Waals surface area contributed by atoms with Gasteiger partial charge in [-0.25, -0.2) is 0 Å². The van der Waals surface area contributed by atoms with E-state index in [-0.39, 0.29) is 17.9 Å². The number of nitrogens with one attached hydrogen (secondary N) is 1. The van der Waals surface area contributed by atoms with Gasteiger partial charge in [-0.15, -0.1) is 0 Å². The summed E-state index contributed by atoms with van der Waals surface area (Å²) in [6.07, 6.45) is 1.83. The number of Topliss-reactive ketones (excluding diaryl/α,β-unsaturated/α-hetero) is 1. The Morgan fingerprint density at radius 2 is 1.74 bits per heavy atom. The molecule has 23 heavy (non-hydrogen) atoms. The zero-order valence-corrected chi connectivity index (χ0v) is 13.4.